The summed E-state index contributed by atoms with van der Waals surface area (Å²) in [6, 6.07) is 2.29. The lowest BCUT2D eigenvalue weighted by Gasteiger charge is -2.27. The van der Waals surface area contributed by atoms with Crippen molar-refractivity contribution in [3.8, 4) is 0 Å². The van der Waals surface area contributed by atoms with E-state index in [0.29, 0.717) is 12.1 Å². The second-order valence-electron chi connectivity index (χ2n) is 4.14. The Balaban J connectivity index is 2.98. The number of hydrogen-bond acceptors (Lipinski definition) is 1. The van der Waals surface area contributed by atoms with E-state index in [9.17, 15) is 35.5 Å². The number of nitrogens with zero attached hydrogens (tertiary/aromatic N) is 1. The summed E-state index contributed by atoms with van der Waals surface area (Å²) in [5.41, 5.74) is -0.109. The van der Waals surface area contributed by atoms with Crippen LogP contribution < -0.4 is 0 Å². The highest BCUT2D eigenvalue weighted by molar-refractivity contribution is 5.84. The van der Waals surface area contributed by atoms with Crippen LogP contribution in [0.25, 0.3) is 0 Å². The van der Waals surface area contributed by atoms with Crippen LogP contribution in [-0.4, -0.2) is 29.5 Å². The minimum absolute atomic E-state index is 0.109. The maximum absolute atomic E-state index is 13.0. The monoisotopic (exact) mass is 317 g/mol. The van der Waals surface area contributed by atoms with Crippen LogP contribution in [0.15, 0.2) is 18.2 Å². The van der Waals surface area contributed by atoms with Crippen molar-refractivity contribution in [3.63, 3.8) is 0 Å². The van der Waals surface area contributed by atoms with Crippen molar-refractivity contribution in [1.82, 2.24) is 4.90 Å². The van der Waals surface area contributed by atoms with Crippen molar-refractivity contribution in [1.29, 1.82) is 0 Å². The van der Waals surface area contributed by atoms with E-state index in [1.54, 1.807) is 0 Å². The highest BCUT2D eigenvalue weighted by Gasteiger charge is 2.64. The maximum Gasteiger partial charge on any atom is 0.463 e. The first-order valence-electron chi connectivity index (χ1n) is 5.68. The number of carbonyl (C=O) groups excluding carboxylic acids is 1. The molecule has 1 amide bonds. The predicted molar refractivity (Wildman–Crippen MR) is 58.5 cm³/mol. The minimum Gasteiger partial charge on any atom is -0.333 e. The number of carbonyl (C=O) groups is 1. The van der Waals surface area contributed by atoms with Crippen LogP contribution in [0.2, 0.25) is 0 Å². The summed E-state index contributed by atoms with van der Waals surface area (Å²) < 4.78 is 88.0. The third-order valence-electron chi connectivity index (χ3n) is 2.65. The van der Waals surface area contributed by atoms with Gasteiger partial charge in [0.1, 0.15) is 0 Å². The van der Waals surface area contributed by atoms with E-state index in [0.717, 1.165) is 6.07 Å². The Kier molecular flexibility index (Phi) is 4.85. The number of alkyl halides is 5. The first kappa shape index (κ1) is 17.3. The van der Waals surface area contributed by atoms with Gasteiger partial charge in [-0.05, 0) is 24.6 Å². The van der Waals surface area contributed by atoms with E-state index in [1.807, 2.05) is 0 Å². The molecule has 0 aromatic heterocycles. The molecule has 1 aromatic rings. The molecule has 0 saturated heterocycles. The van der Waals surface area contributed by atoms with Gasteiger partial charge in [-0.3, -0.25) is 4.79 Å². The molecule has 0 aliphatic carbocycles. The minimum atomic E-state index is -6.02. The standard InChI is InChI=1S/C12H10F7NO/c1-2-20(10(21)11(15,16)12(17,18)19)6-7-3-4-8(13)9(14)5-7/h3-5H,2,6H2,1H3. The van der Waals surface area contributed by atoms with E-state index >= 15 is 0 Å². The molecule has 118 valence electrons. The molecule has 0 aliphatic heterocycles. The maximum atomic E-state index is 13.0. The number of rotatable bonds is 4. The Labute approximate surface area is 115 Å². The molecule has 0 unspecified atom stereocenters. The largest absolute Gasteiger partial charge is 0.463 e. The van der Waals surface area contributed by atoms with Crippen molar-refractivity contribution in [2.45, 2.75) is 25.6 Å². The van der Waals surface area contributed by atoms with Gasteiger partial charge >= 0.3 is 18.0 Å². The molecule has 0 aliphatic rings. The van der Waals surface area contributed by atoms with Gasteiger partial charge in [0.25, 0.3) is 0 Å². The molecule has 2 nitrogen and oxygen atoms in total. The van der Waals surface area contributed by atoms with Crippen LogP contribution in [0, 0.1) is 11.6 Å². The van der Waals surface area contributed by atoms with Crippen molar-refractivity contribution in [2.75, 3.05) is 6.54 Å². The van der Waals surface area contributed by atoms with Crippen LogP contribution in [0.3, 0.4) is 0 Å². The van der Waals surface area contributed by atoms with Gasteiger partial charge in [-0.1, -0.05) is 6.07 Å². The fraction of sp³-hybridized carbons (Fsp3) is 0.417. The zero-order chi connectivity index (χ0) is 16.4. The average Bonchev–Trinajstić information content (AvgIpc) is 2.37. The molecule has 9 heteroatoms. The fourth-order valence-corrected chi connectivity index (χ4v) is 1.51. The highest BCUT2D eigenvalue weighted by Crippen LogP contribution is 2.37. The van der Waals surface area contributed by atoms with Crippen LogP contribution in [0.4, 0.5) is 30.7 Å². The van der Waals surface area contributed by atoms with Crippen molar-refractivity contribution >= 4 is 5.91 Å². The Hall–Kier alpha value is -1.80. The first-order valence-corrected chi connectivity index (χ1v) is 5.68. The summed E-state index contributed by atoms with van der Waals surface area (Å²) in [6.45, 7) is 0.0337. The molecule has 1 rings (SSSR count). The van der Waals surface area contributed by atoms with Crippen molar-refractivity contribution < 1.29 is 35.5 Å². The van der Waals surface area contributed by atoms with Gasteiger partial charge in [0.2, 0.25) is 0 Å². The van der Waals surface area contributed by atoms with Crippen LogP contribution in [-0.2, 0) is 11.3 Å². The molecule has 0 radical (unpaired) electrons. The lowest BCUT2D eigenvalue weighted by atomic mass is 10.2. The summed E-state index contributed by atoms with van der Waals surface area (Å²) in [7, 11) is 0. The average molecular weight is 317 g/mol. The lowest BCUT2D eigenvalue weighted by molar-refractivity contribution is -0.274. The molecule has 0 spiro atoms. The van der Waals surface area contributed by atoms with E-state index < -0.39 is 42.7 Å². The fourth-order valence-electron chi connectivity index (χ4n) is 1.51. The first-order chi connectivity index (χ1) is 9.50. The Bertz CT molecular complexity index is 527. The molecule has 0 N–H and O–H groups in total. The second kappa shape index (κ2) is 5.90. The summed E-state index contributed by atoms with van der Waals surface area (Å²) >= 11 is 0. The molecule has 0 fully saturated rings. The molecule has 0 saturated carbocycles. The zero-order valence-corrected chi connectivity index (χ0v) is 10.6. The SMILES string of the molecule is CCN(Cc1ccc(F)c(F)c1)C(=O)C(F)(F)C(F)(F)F. The topological polar surface area (TPSA) is 20.3 Å². The number of hydrogen-bond donors (Lipinski definition) is 0. The molecular formula is C12H10F7NO. The summed E-state index contributed by atoms with van der Waals surface area (Å²) in [6.07, 6.45) is -6.02. The Morgan fingerprint density at radius 3 is 2.10 bits per heavy atom. The quantitative estimate of drug-likeness (QED) is 0.778. The van der Waals surface area contributed by atoms with Crippen molar-refractivity contribution in [3.05, 3.63) is 35.4 Å². The summed E-state index contributed by atoms with van der Waals surface area (Å²) in [5.74, 6) is -10.5. The van der Waals surface area contributed by atoms with E-state index in [2.05, 4.69) is 0 Å². The van der Waals surface area contributed by atoms with Crippen molar-refractivity contribution in [2.24, 2.45) is 0 Å². The van der Waals surface area contributed by atoms with Gasteiger partial charge in [-0.25, -0.2) is 8.78 Å². The molecular weight excluding hydrogens is 307 g/mol. The van der Waals surface area contributed by atoms with Gasteiger partial charge in [-0.2, -0.15) is 22.0 Å². The zero-order valence-electron chi connectivity index (χ0n) is 10.6. The van der Waals surface area contributed by atoms with E-state index in [-0.39, 0.29) is 10.5 Å². The van der Waals surface area contributed by atoms with E-state index in [4.69, 9.17) is 0 Å². The van der Waals surface area contributed by atoms with Gasteiger partial charge in [-0.15, -0.1) is 0 Å². The molecule has 0 heterocycles. The third kappa shape index (κ3) is 3.64. The van der Waals surface area contributed by atoms with Crippen LogP contribution >= 0.6 is 0 Å². The van der Waals surface area contributed by atoms with E-state index in [1.165, 1.54) is 6.92 Å². The normalized spacial score (nSPS) is 12.4. The van der Waals surface area contributed by atoms with Crippen LogP contribution in [0.1, 0.15) is 12.5 Å². The highest BCUT2D eigenvalue weighted by atomic mass is 19.4. The molecule has 1 aromatic carbocycles. The lowest BCUT2D eigenvalue weighted by Crippen LogP contribution is -2.51. The Morgan fingerprint density at radius 2 is 1.67 bits per heavy atom. The van der Waals surface area contributed by atoms with Gasteiger partial charge in [0, 0.05) is 13.1 Å². The molecule has 21 heavy (non-hydrogen) atoms. The number of halogens is 7. The molecule has 0 bridgehead atoms. The van der Waals surface area contributed by atoms with Gasteiger partial charge < -0.3 is 4.90 Å². The Morgan fingerprint density at radius 1 is 1.10 bits per heavy atom. The number of benzene rings is 1. The molecule has 0 atom stereocenters. The predicted octanol–water partition coefficient (Wildman–Crippen LogP) is 3.51. The third-order valence-corrected chi connectivity index (χ3v) is 2.65. The number of amides is 1. The van der Waals surface area contributed by atoms with Crippen LogP contribution in [0.5, 0.6) is 0 Å². The van der Waals surface area contributed by atoms with Gasteiger partial charge in [0.05, 0.1) is 0 Å². The second-order valence-corrected chi connectivity index (χ2v) is 4.14. The smallest absolute Gasteiger partial charge is 0.333 e. The summed E-state index contributed by atoms with van der Waals surface area (Å²) in [4.78, 5) is 11.5. The summed E-state index contributed by atoms with van der Waals surface area (Å²) in [5, 5.41) is 0. The van der Waals surface area contributed by atoms with Gasteiger partial charge in [0.15, 0.2) is 11.6 Å².